The maximum atomic E-state index is 6.05. The molecular formula is C50H48N2O2. The van der Waals surface area contributed by atoms with E-state index in [1.54, 1.807) is 0 Å². The minimum absolute atomic E-state index is 0.731. The molecule has 0 saturated carbocycles. The molecule has 8 aromatic carbocycles. The van der Waals surface area contributed by atoms with Crippen LogP contribution in [0.5, 0.6) is 11.5 Å². The number of unbranched alkanes of at least 4 members (excludes halogenated alkanes) is 2. The van der Waals surface area contributed by atoms with Gasteiger partial charge in [0.05, 0.1) is 24.6 Å². The molecule has 0 aliphatic rings. The van der Waals surface area contributed by atoms with Gasteiger partial charge in [0.15, 0.2) is 0 Å². The number of nitrogens with zero attached hydrogens (tertiary/aromatic N) is 2. The van der Waals surface area contributed by atoms with Crippen molar-refractivity contribution in [3.05, 3.63) is 157 Å². The predicted molar refractivity (Wildman–Crippen MR) is 230 cm³/mol. The smallest absolute Gasteiger partial charge is 0.119 e. The molecule has 0 aliphatic heterocycles. The highest BCUT2D eigenvalue weighted by molar-refractivity contribution is 6.28. The zero-order chi connectivity index (χ0) is 37.0. The number of benzene rings is 8. The molecule has 0 unspecified atom stereocenters. The van der Waals surface area contributed by atoms with E-state index in [0.717, 1.165) is 84.5 Å². The van der Waals surface area contributed by atoms with Crippen LogP contribution in [0.3, 0.4) is 0 Å². The molecule has 0 radical (unpaired) electrons. The molecule has 8 aromatic rings. The molecule has 0 amide bonds. The maximum Gasteiger partial charge on any atom is 0.119 e. The van der Waals surface area contributed by atoms with Crippen LogP contribution in [0.4, 0.5) is 34.1 Å². The quantitative estimate of drug-likeness (QED) is 0.0829. The number of rotatable bonds is 14. The molecule has 0 aromatic heterocycles. The van der Waals surface area contributed by atoms with Gasteiger partial charge in [0.1, 0.15) is 11.5 Å². The first kappa shape index (κ1) is 35.1. The van der Waals surface area contributed by atoms with Gasteiger partial charge in [-0.15, -0.1) is 0 Å². The third-order valence-corrected chi connectivity index (χ3v) is 10.4. The molecule has 4 nitrogen and oxygen atoms in total. The summed E-state index contributed by atoms with van der Waals surface area (Å²) in [6, 6.07) is 53.0. The lowest BCUT2D eigenvalue weighted by Gasteiger charge is -2.29. The van der Waals surface area contributed by atoms with Crippen molar-refractivity contribution >= 4 is 66.4 Å². The number of aryl methyl sites for hydroxylation is 2. The van der Waals surface area contributed by atoms with Crippen LogP contribution in [0.25, 0.3) is 32.3 Å². The van der Waals surface area contributed by atoms with Crippen molar-refractivity contribution in [2.75, 3.05) is 23.0 Å². The topological polar surface area (TPSA) is 24.9 Å². The van der Waals surface area contributed by atoms with E-state index in [0.29, 0.717) is 0 Å². The summed E-state index contributed by atoms with van der Waals surface area (Å²) in [7, 11) is 0. The van der Waals surface area contributed by atoms with E-state index in [1.807, 2.05) is 0 Å². The Balaban J connectivity index is 1.29. The van der Waals surface area contributed by atoms with E-state index < -0.39 is 0 Å². The fraction of sp³-hybridized carbons (Fsp3) is 0.200. The van der Waals surface area contributed by atoms with Gasteiger partial charge < -0.3 is 19.3 Å². The Morgan fingerprint density at radius 1 is 0.389 bits per heavy atom. The molecule has 0 bridgehead atoms. The van der Waals surface area contributed by atoms with Gasteiger partial charge in [-0.3, -0.25) is 0 Å². The van der Waals surface area contributed by atoms with E-state index in [-0.39, 0.29) is 0 Å². The van der Waals surface area contributed by atoms with Gasteiger partial charge in [-0.25, -0.2) is 0 Å². The van der Waals surface area contributed by atoms with Crippen molar-refractivity contribution in [3.8, 4) is 11.5 Å². The second-order valence-corrected chi connectivity index (χ2v) is 14.3. The lowest BCUT2D eigenvalue weighted by atomic mass is 9.91. The van der Waals surface area contributed by atoms with Crippen LogP contribution < -0.4 is 19.3 Å². The van der Waals surface area contributed by atoms with E-state index in [1.165, 1.54) is 43.4 Å². The number of hydrogen-bond acceptors (Lipinski definition) is 4. The van der Waals surface area contributed by atoms with Gasteiger partial charge in [-0.1, -0.05) is 98.5 Å². The first-order chi connectivity index (χ1) is 26.5. The average molecular weight is 709 g/mol. The fourth-order valence-corrected chi connectivity index (χ4v) is 7.45. The molecule has 0 aliphatic carbocycles. The van der Waals surface area contributed by atoms with Crippen LogP contribution in [0.15, 0.2) is 146 Å². The zero-order valence-corrected chi connectivity index (χ0v) is 31.8. The summed E-state index contributed by atoms with van der Waals surface area (Å²) in [5, 5.41) is 7.41. The van der Waals surface area contributed by atoms with Gasteiger partial charge >= 0.3 is 0 Å². The molecular weight excluding hydrogens is 661 g/mol. The Bertz CT molecular complexity index is 2290. The van der Waals surface area contributed by atoms with Gasteiger partial charge in [-0.2, -0.15) is 0 Å². The molecule has 0 saturated heterocycles. The number of hydrogen-bond donors (Lipinski definition) is 0. The minimum Gasteiger partial charge on any atom is -0.494 e. The fourth-order valence-electron chi connectivity index (χ4n) is 7.45. The van der Waals surface area contributed by atoms with Crippen LogP contribution >= 0.6 is 0 Å². The predicted octanol–water partition coefficient (Wildman–Crippen LogP) is 14.5. The third kappa shape index (κ3) is 6.92. The highest BCUT2D eigenvalue weighted by Crippen LogP contribution is 2.47. The van der Waals surface area contributed by atoms with Gasteiger partial charge in [0, 0.05) is 33.5 Å². The molecule has 8 rings (SSSR count). The van der Waals surface area contributed by atoms with Crippen LogP contribution in [0.1, 0.15) is 50.7 Å². The monoisotopic (exact) mass is 708 g/mol. The molecule has 0 atom stereocenters. The molecule has 0 N–H and O–H groups in total. The lowest BCUT2D eigenvalue weighted by molar-refractivity contribution is 0.309. The normalized spacial score (nSPS) is 11.4. The minimum atomic E-state index is 0.731. The summed E-state index contributed by atoms with van der Waals surface area (Å²) in [6.45, 7) is 10.1. The van der Waals surface area contributed by atoms with E-state index in [4.69, 9.17) is 9.47 Å². The standard InChI is InChI=1S/C50H48N2O2/c1-5-7-33-53-43-25-21-41(22-26-43)51(39-17-9-35(3)10-18-39)47-31-15-37-14-30-46-48(32-16-38-13-29-45(47)49(37)50(38)46)52(40-19-11-36(4)12-20-40)42-23-27-44(28-24-42)54-34-8-6-2/h9-32H,5-8,33-34H2,1-4H3. The Morgan fingerprint density at radius 2 is 0.722 bits per heavy atom. The summed E-state index contributed by atoms with van der Waals surface area (Å²) in [4.78, 5) is 4.76. The summed E-state index contributed by atoms with van der Waals surface area (Å²) in [5.41, 5.74) is 9.15. The Labute approximate surface area is 319 Å². The molecule has 270 valence electrons. The summed E-state index contributed by atoms with van der Waals surface area (Å²) >= 11 is 0. The lowest BCUT2D eigenvalue weighted by Crippen LogP contribution is -2.11. The zero-order valence-electron chi connectivity index (χ0n) is 31.8. The van der Waals surface area contributed by atoms with Gasteiger partial charge in [-0.05, 0) is 133 Å². The van der Waals surface area contributed by atoms with Gasteiger partial charge in [0.25, 0.3) is 0 Å². The van der Waals surface area contributed by atoms with Crippen molar-refractivity contribution in [1.29, 1.82) is 0 Å². The third-order valence-electron chi connectivity index (χ3n) is 10.4. The highest BCUT2D eigenvalue weighted by atomic mass is 16.5. The first-order valence-electron chi connectivity index (χ1n) is 19.4. The first-order valence-corrected chi connectivity index (χ1v) is 19.4. The Kier molecular flexibility index (Phi) is 10.1. The Morgan fingerprint density at radius 3 is 1.07 bits per heavy atom. The second kappa shape index (κ2) is 15.5. The summed E-state index contributed by atoms with van der Waals surface area (Å²) in [6.07, 6.45) is 4.32. The van der Waals surface area contributed by atoms with Crippen molar-refractivity contribution in [1.82, 2.24) is 0 Å². The number of ether oxygens (including phenoxy) is 2. The maximum absolute atomic E-state index is 6.05. The Hall–Kier alpha value is -6.00. The molecule has 0 heterocycles. The average Bonchev–Trinajstić information content (AvgIpc) is 3.20. The highest BCUT2D eigenvalue weighted by Gasteiger charge is 2.22. The summed E-state index contributed by atoms with van der Waals surface area (Å²) in [5.74, 6) is 1.80. The SMILES string of the molecule is CCCCOc1ccc(N(c2ccc(C)cc2)c2ccc3ccc4c(N(c5ccc(C)cc5)c5ccc(OCCCC)cc5)ccc5ccc2c3c54)cc1. The van der Waals surface area contributed by atoms with Gasteiger partial charge in [0.2, 0.25) is 0 Å². The van der Waals surface area contributed by atoms with Crippen LogP contribution in [-0.2, 0) is 0 Å². The van der Waals surface area contributed by atoms with E-state index in [9.17, 15) is 0 Å². The largest absolute Gasteiger partial charge is 0.494 e. The number of anilines is 6. The van der Waals surface area contributed by atoms with Crippen molar-refractivity contribution in [2.45, 2.75) is 53.4 Å². The van der Waals surface area contributed by atoms with Crippen LogP contribution in [0.2, 0.25) is 0 Å². The molecule has 54 heavy (non-hydrogen) atoms. The van der Waals surface area contributed by atoms with E-state index in [2.05, 4.69) is 183 Å². The molecule has 4 heteroatoms. The van der Waals surface area contributed by atoms with E-state index >= 15 is 0 Å². The van der Waals surface area contributed by atoms with Crippen LogP contribution in [0, 0.1) is 13.8 Å². The second-order valence-electron chi connectivity index (χ2n) is 14.3. The van der Waals surface area contributed by atoms with Crippen LogP contribution in [-0.4, -0.2) is 13.2 Å². The van der Waals surface area contributed by atoms with Crippen molar-refractivity contribution in [3.63, 3.8) is 0 Å². The summed E-state index contributed by atoms with van der Waals surface area (Å²) < 4.78 is 12.1. The van der Waals surface area contributed by atoms with Crippen molar-refractivity contribution < 1.29 is 9.47 Å². The molecule has 0 spiro atoms. The molecule has 0 fully saturated rings. The van der Waals surface area contributed by atoms with Crippen molar-refractivity contribution in [2.24, 2.45) is 0 Å².